The van der Waals surface area contributed by atoms with Gasteiger partial charge in [0.2, 0.25) is 5.91 Å². The number of hydrogen-bond donors (Lipinski definition) is 0. The molecule has 6 rings (SSSR count). The largest absolute Gasteiger partial charge is 0.417 e. The molecule has 0 saturated carbocycles. The van der Waals surface area contributed by atoms with Gasteiger partial charge in [-0.2, -0.15) is 18.2 Å². The number of aromatic nitrogens is 2. The average Bonchev–Trinajstić information content (AvgIpc) is 3.25. The standard InChI is InChI=1S/C33H36ClF5N6O2S/c1-5-27(46)45-18(3)14-43(15-19(45)4)31-22-11-23(33(37,38)39)28(21-12-24(34)26(36)13-25(21)35)30-29(22)44(32(47)40-31)16-20(17-48-30)42-9-7-41(6-2)8-10-42/h5,11-13,18-20H,1,6-10,14-17H2,2-4H3/t18-,19+,20?. The lowest BCUT2D eigenvalue weighted by atomic mass is 9.95. The van der Waals surface area contributed by atoms with Gasteiger partial charge >= 0.3 is 11.9 Å². The van der Waals surface area contributed by atoms with E-state index in [9.17, 15) is 14.0 Å². The van der Waals surface area contributed by atoms with Gasteiger partial charge in [-0.05, 0) is 38.6 Å². The number of rotatable bonds is 5. The van der Waals surface area contributed by atoms with E-state index in [0.29, 0.717) is 24.9 Å². The fourth-order valence-electron chi connectivity index (χ4n) is 7.29. The zero-order valence-electron chi connectivity index (χ0n) is 26.8. The maximum absolute atomic E-state index is 15.5. The van der Waals surface area contributed by atoms with Crippen molar-refractivity contribution >= 4 is 46.0 Å². The van der Waals surface area contributed by atoms with Crippen LogP contribution in [0.25, 0.3) is 22.0 Å². The van der Waals surface area contributed by atoms with Gasteiger partial charge < -0.3 is 14.7 Å². The molecule has 2 saturated heterocycles. The fraction of sp³-hybridized carbons (Fsp3) is 0.485. The summed E-state index contributed by atoms with van der Waals surface area (Å²) in [6.45, 7) is 13.8. The number of halogens is 6. The third-order valence-electron chi connectivity index (χ3n) is 9.61. The highest BCUT2D eigenvalue weighted by atomic mass is 35.5. The molecule has 0 bridgehead atoms. The Morgan fingerprint density at radius 3 is 2.33 bits per heavy atom. The first-order valence-corrected chi connectivity index (χ1v) is 17.2. The summed E-state index contributed by atoms with van der Waals surface area (Å²) in [6, 6.07) is 1.30. The number of anilines is 1. The molecule has 8 nitrogen and oxygen atoms in total. The summed E-state index contributed by atoms with van der Waals surface area (Å²) in [6.07, 6.45) is -3.75. The SMILES string of the molecule is C=CC(=O)N1[C@H](C)CN(c2nc(=O)n3c4c(c(-c5cc(Cl)c(F)cc5F)c(C(F)(F)F)cc24)SCC(N2CCN(CC)CC2)C3)C[C@@H]1C. The Labute approximate surface area is 284 Å². The summed E-state index contributed by atoms with van der Waals surface area (Å²) >= 11 is 7.14. The van der Waals surface area contributed by atoms with Crippen LogP contribution in [-0.4, -0.2) is 99.8 Å². The van der Waals surface area contributed by atoms with E-state index in [4.69, 9.17) is 11.6 Å². The van der Waals surface area contributed by atoms with Crippen LogP contribution >= 0.6 is 23.4 Å². The summed E-state index contributed by atoms with van der Waals surface area (Å²) in [5, 5.41) is -0.444. The van der Waals surface area contributed by atoms with Crippen molar-refractivity contribution in [3.8, 4) is 11.1 Å². The molecule has 3 aliphatic rings. The number of carbonyl (C=O) groups excluding carboxylic acids is 1. The number of carbonyl (C=O) groups is 1. The predicted octanol–water partition coefficient (Wildman–Crippen LogP) is 5.74. The van der Waals surface area contributed by atoms with E-state index in [1.807, 2.05) is 13.8 Å². The van der Waals surface area contributed by atoms with Gasteiger partial charge in [0, 0.05) is 97.2 Å². The number of nitrogens with zero attached hydrogens (tertiary/aromatic N) is 6. The molecule has 3 atom stereocenters. The monoisotopic (exact) mass is 710 g/mol. The highest BCUT2D eigenvalue weighted by Gasteiger charge is 2.41. The Balaban J connectivity index is 1.60. The topological polar surface area (TPSA) is 64.9 Å². The lowest BCUT2D eigenvalue weighted by molar-refractivity contribution is -0.137. The molecule has 4 heterocycles. The van der Waals surface area contributed by atoms with Gasteiger partial charge in [-0.15, -0.1) is 11.8 Å². The molecule has 1 aromatic heterocycles. The number of hydrogen-bond acceptors (Lipinski definition) is 7. The van der Waals surface area contributed by atoms with Gasteiger partial charge in [0.05, 0.1) is 16.1 Å². The number of benzene rings is 2. The second kappa shape index (κ2) is 13.3. The van der Waals surface area contributed by atoms with Crippen LogP contribution in [0.3, 0.4) is 0 Å². The number of amides is 1. The van der Waals surface area contributed by atoms with Crippen molar-refractivity contribution in [1.82, 2.24) is 24.3 Å². The molecule has 0 radical (unpaired) electrons. The van der Waals surface area contributed by atoms with Crippen molar-refractivity contribution in [2.45, 2.75) is 56.5 Å². The first kappa shape index (κ1) is 34.7. The maximum atomic E-state index is 15.5. The summed E-state index contributed by atoms with van der Waals surface area (Å²) in [7, 11) is 0. The van der Waals surface area contributed by atoms with Gasteiger partial charge in [0.1, 0.15) is 17.5 Å². The van der Waals surface area contributed by atoms with Crippen molar-refractivity contribution in [2.75, 3.05) is 56.5 Å². The van der Waals surface area contributed by atoms with Crippen LogP contribution in [0.4, 0.5) is 27.8 Å². The third kappa shape index (κ3) is 6.20. The van der Waals surface area contributed by atoms with Crippen LogP contribution in [-0.2, 0) is 17.5 Å². The van der Waals surface area contributed by atoms with E-state index >= 15 is 17.6 Å². The zero-order chi connectivity index (χ0) is 34.7. The van der Waals surface area contributed by atoms with Crippen molar-refractivity contribution in [2.24, 2.45) is 0 Å². The predicted molar refractivity (Wildman–Crippen MR) is 178 cm³/mol. The molecule has 15 heteroatoms. The van der Waals surface area contributed by atoms with Gasteiger partial charge in [-0.3, -0.25) is 14.3 Å². The van der Waals surface area contributed by atoms with Crippen LogP contribution in [0.15, 0.2) is 40.5 Å². The van der Waals surface area contributed by atoms with Crippen LogP contribution in [0.1, 0.15) is 26.3 Å². The second-order valence-corrected chi connectivity index (χ2v) is 14.0. The van der Waals surface area contributed by atoms with E-state index in [1.165, 1.54) is 10.6 Å². The molecule has 0 spiro atoms. The summed E-state index contributed by atoms with van der Waals surface area (Å²) in [5.74, 6) is -2.20. The molecule has 258 valence electrons. The maximum Gasteiger partial charge on any atom is 0.417 e. The van der Waals surface area contributed by atoms with E-state index < -0.39 is 45.2 Å². The van der Waals surface area contributed by atoms with E-state index in [2.05, 4.69) is 28.3 Å². The minimum absolute atomic E-state index is 0.0541. The summed E-state index contributed by atoms with van der Waals surface area (Å²) in [4.78, 5) is 39.0. The molecular weight excluding hydrogens is 675 g/mol. The lowest BCUT2D eigenvalue weighted by Crippen LogP contribution is -2.58. The normalized spacial score (nSPS) is 22.6. The van der Waals surface area contributed by atoms with E-state index in [0.717, 1.165) is 43.5 Å². The quantitative estimate of drug-likeness (QED) is 0.190. The minimum Gasteiger partial charge on any atom is -0.352 e. The molecule has 48 heavy (non-hydrogen) atoms. The Morgan fingerprint density at radius 2 is 1.73 bits per heavy atom. The molecule has 1 unspecified atom stereocenters. The molecule has 3 aromatic rings. The Kier molecular flexibility index (Phi) is 9.57. The highest BCUT2D eigenvalue weighted by Crippen LogP contribution is 2.49. The zero-order valence-corrected chi connectivity index (χ0v) is 28.4. The fourth-order valence-corrected chi connectivity index (χ4v) is 8.85. The number of likely N-dealkylation sites (N-methyl/N-ethyl adjacent to an activating group) is 1. The van der Waals surface area contributed by atoms with Crippen LogP contribution in [0.2, 0.25) is 5.02 Å². The van der Waals surface area contributed by atoms with Crippen molar-refractivity contribution < 1.29 is 26.7 Å². The van der Waals surface area contributed by atoms with Crippen molar-refractivity contribution in [3.05, 3.63) is 63.6 Å². The highest BCUT2D eigenvalue weighted by molar-refractivity contribution is 7.99. The number of alkyl halides is 3. The van der Waals surface area contributed by atoms with Crippen molar-refractivity contribution in [3.63, 3.8) is 0 Å². The van der Waals surface area contributed by atoms with Gasteiger partial charge in [0.25, 0.3) is 0 Å². The Hall–Kier alpha value is -3.20. The third-order valence-corrected chi connectivity index (χ3v) is 11.1. The van der Waals surface area contributed by atoms with E-state index in [-0.39, 0.29) is 65.3 Å². The van der Waals surface area contributed by atoms with Gasteiger partial charge in [-0.25, -0.2) is 13.6 Å². The van der Waals surface area contributed by atoms with Crippen molar-refractivity contribution in [1.29, 1.82) is 0 Å². The molecular formula is C33H36ClF5N6O2S. The molecule has 1 amide bonds. The molecule has 0 N–H and O–H groups in total. The van der Waals surface area contributed by atoms with E-state index in [1.54, 1.807) is 9.80 Å². The first-order valence-electron chi connectivity index (χ1n) is 15.9. The molecule has 0 aliphatic carbocycles. The first-order chi connectivity index (χ1) is 22.7. The van der Waals surface area contributed by atoms with Gasteiger partial charge in [-0.1, -0.05) is 25.1 Å². The lowest BCUT2D eigenvalue weighted by Gasteiger charge is -2.44. The van der Waals surface area contributed by atoms with Crippen LogP contribution in [0.5, 0.6) is 0 Å². The summed E-state index contributed by atoms with van der Waals surface area (Å²) in [5.41, 5.74) is -2.60. The Bertz CT molecular complexity index is 1820. The number of thioether (sulfide) groups is 1. The second-order valence-electron chi connectivity index (χ2n) is 12.6. The summed E-state index contributed by atoms with van der Waals surface area (Å²) < 4.78 is 76.5. The molecule has 2 aromatic carbocycles. The smallest absolute Gasteiger partial charge is 0.352 e. The molecule has 3 aliphatic heterocycles. The number of piperazine rings is 2. The van der Waals surface area contributed by atoms with Gasteiger partial charge in [0.15, 0.2) is 0 Å². The van der Waals surface area contributed by atoms with Crippen LogP contribution in [0, 0.1) is 11.6 Å². The average molecular weight is 711 g/mol. The van der Waals surface area contributed by atoms with Crippen LogP contribution < -0.4 is 10.6 Å². The Morgan fingerprint density at radius 1 is 1.06 bits per heavy atom. The minimum atomic E-state index is -4.97. The molecule has 2 fully saturated rings.